The molecule has 0 saturated carbocycles. The maximum absolute atomic E-state index is 11.0. The quantitative estimate of drug-likeness (QED) is 0.643. The number of rotatable bonds is 5. The van der Waals surface area contributed by atoms with Gasteiger partial charge in [0.2, 0.25) is 0 Å². The van der Waals surface area contributed by atoms with Gasteiger partial charge >= 0.3 is 5.97 Å². The van der Waals surface area contributed by atoms with Crippen molar-refractivity contribution in [2.24, 2.45) is 0 Å². The number of anilines is 1. The number of nitro groups is 1. The first-order valence-corrected chi connectivity index (χ1v) is 5.66. The molecule has 18 heavy (non-hydrogen) atoms. The fourth-order valence-corrected chi connectivity index (χ4v) is 1.86. The van der Waals surface area contributed by atoms with Crippen molar-refractivity contribution < 1.29 is 14.8 Å². The van der Waals surface area contributed by atoms with E-state index in [0.717, 1.165) is 6.07 Å². The number of nitro benzene ring substituents is 1. The molecule has 0 amide bonds. The third kappa shape index (κ3) is 2.77. The van der Waals surface area contributed by atoms with Crippen molar-refractivity contribution in [2.45, 2.75) is 26.8 Å². The number of hydrogen-bond donors (Lipinski definition) is 1. The van der Waals surface area contributed by atoms with Crippen LogP contribution in [0.4, 0.5) is 11.4 Å². The molecule has 0 aliphatic carbocycles. The van der Waals surface area contributed by atoms with Crippen LogP contribution in [-0.4, -0.2) is 28.6 Å². The van der Waals surface area contributed by atoms with Crippen LogP contribution in [0.5, 0.6) is 0 Å². The highest BCUT2D eigenvalue weighted by atomic mass is 16.6. The number of hydrogen-bond acceptors (Lipinski definition) is 4. The van der Waals surface area contributed by atoms with Crippen molar-refractivity contribution in [3.63, 3.8) is 0 Å². The van der Waals surface area contributed by atoms with E-state index in [9.17, 15) is 14.9 Å². The summed E-state index contributed by atoms with van der Waals surface area (Å²) in [7, 11) is 0. The second-order valence-electron chi connectivity index (χ2n) is 4.15. The summed E-state index contributed by atoms with van der Waals surface area (Å²) in [6.07, 6.45) is 0. The molecule has 0 spiro atoms. The monoisotopic (exact) mass is 252 g/mol. The average molecular weight is 252 g/mol. The average Bonchev–Trinajstić information content (AvgIpc) is 2.29. The van der Waals surface area contributed by atoms with Crippen molar-refractivity contribution >= 4 is 17.3 Å². The third-order valence-electron chi connectivity index (χ3n) is 2.69. The molecule has 6 nitrogen and oxygen atoms in total. The molecule has 0 aromatic heterocycles. The van der Waals surface area contributed by atoms with E-state index in [1.165, 1.54) is 12.1 Å². The Morgan fingerprint density at radius 1 is 1.50 bits per heavy atom. The van der Waals surface area contributed by atoms with Crippen molar-refractivity contribution in [1.82, 2.24) is 0 Å². The van der Waals surface area contributed by atoms with Crippen LogP contribution < -0.4 is 4.90 Å². The highest BCUT2D eigenvalue weighted by Gasteiger charge is 2.22. The number of carbonyl (C=O) groups is 1. The maximum Gasteiger partial charge on any atom is 0.335 e. The van der Waals surface area contributed by atoms with Crippen LogP contribution in [0.2, 0.25) is 0 Å². The minimum Gasteiger partial charge on any atom is -0.478 e. The standard InChI is InChI=1S/C12H16N2O4/c1-4-13(8(2)3)10-6-5-9(12(15)16)7-11(10)14(17)18/h5-8H,4H2,1-3H3,(H,15,16). The first-order chi connectivity index (χ1) is 8.38. The number of carboxylic acid groups (broad SMARTS) is 1. The second kappa shape index (κ2) is 5.48. The lowest BCUT2D eigenvalue weighted by atomic mass is 10.1. The van der Waals surface area contributed by atoms with Gasteiger partial charge in [-0.25, -0.2) is 4.79 Å². The highest BCUT2D eigenvalue weighted by Crippen LogP contribution is 2.30. The van der Waals surface area contributed by atoms with Gasteiger partial charge in [0, 0.05) is 18.7 Å². The molecule has 1 N–H and O–H groups in total. The molecule has 1 rings (SSSR count). The summed E-state index contributed by atoms with van der Waals surface area (Å²) >= 11 is 0. The lowest BCUT2D eigenvalue weighted by molar-refractivity contribution is -0.384. The number of carboxylic acids is 1. The lowest BCUT2D eigenvalue weighted by Gasteiger charge is -2.27. The summed E-state index contributed by atoms with van der Waals surface area (Å²) in [5.74, 6) is -1.17. The highest BCUT2D eigenvalue weighted by molar-refractivity contribution is 5.89. The second-order valence-corrected chi connectivity index (χ2v) is 4.15. The summed E-state index contributed by atoms with van der Waals surface area (Å²) in [6.45, 7) is 6.37. The predicted octanol–water partition coefficient (Wildman–Crippen LogP) is 2.53. The number of nitrogens with zero attached hydrogens (tertiary/aromatic N) is 2. The van der Waals surface area contributed by atoms with E-state index in [0.29, 0.717) is 12.2 Å². The predicted molar refractivity (Wildman–Crippen MR) is 68.2 cm³/mol. The molecule has 1 aromatic rings. The zero-order valence-electron chi connectivity index (χ0n) is 10.6. The molecule has 6 heteroatoms. The third-order valence-corrected chi connectivity index (χ3v) is 2.69. The minimum atomic E-state index is -1.17. The Balaban J connectivity index is 3.35. The number of aromatic carboxylic acids is 1. The Morgan fingerprint density at radius 3 is 2.50 bits per heavy atom. The van der Waals surface area contributed by atoms with Gasteiger partial charge in [0.25, 0.3) is 5.69 Å². The van der Waals surface area contributed by atoms with Gasteiger partial charge in [-0.05, 0) is 32.9 Å². The van der Waals surface area contributed by atoms with E-state index in [1.54, 1.807) is 0 Å². The van der Waals surface area contributed by atoms with Gasteiger partial charge in [-0.15, -0.1) is 0 Å². The summed E-state index contributed by atoms with van der Waals surface area (Å²) in [6, 6.07) is 4.08. The SMILES string of the molecule is CCN(c1ccc(C(=O)O)cc1[N+](=O)[O-])C(C)C. The van der Waals surface area contributed by atoms with Gasteiger partial charge in [0.15, 0.2) is 0 Å². The zero-order chi connectivity index (χ0) is 13.9. The van der Waals surface area contributed by atoms with Crippen molar-refractivity contribution in [1.29, 1.82) is 0 Å². The molecule has 0 heterocycles. The van der Waals surface area contributed by atoms with Crippen LogP contribution in [0, 0.1) is 10.1 Å². The zero-order valence-corrected chi connectivity index (χ0v) is 10.6. The van der Waals surface area contributed by atoms with Crippen LogP contribution in [0.1, 0.15) is 31.1 Å². The molecular formula is C12H16N2O4. The van der Waals surface area contributed by atoms with Crippen LogP contribution in [-0.2, 0) is 0 Å². The Kier molecular flexibility index (Phi) is 4.25. The molecular weight excluding hydrogens is 236 g/mol. The van der Waals surface area contributed by atoms with Crippen molar-refractivity contribution in [3.05, 3.63) is 33.9 Å². The summed E-state index contributed by atoms with van der Waals surface area (Å²) < 4.78 is 0. The smallest absolute Gasteiger partial charge is 0.335 e. The molecule has 0 unspecified atom stereocenters. The van der Waals surface area contributed by atoms with E-state index >= 15 is 0 Å². The normalized spacial score (nSPS) is 10.4. The molecule has 0 fully saturated rings. The lowest BCUT2D eigenvalue weighted by Crippen LogP contribution is -2.30. The van der Waals surface area contributed by atoms with Crippen molar-refractivity contribution in [3.8, 4) is 0 Å². The van der Waals surface area contributed by atoms with E-state index in [-0.39, 0.29) is 17.3 Å². The fourth-order valence-electron chi connectivity index (χ4n) is 1.86. The van der Waals surface area contributed by atoms with Gasteiger partial charge in [0.1, 0.15) is 5.69 Å². The van der Waals surface area contributed by atoms with E-state index < -0.39 is 10.9 Å². The first-order valence-electron chi connectivity index (χ1n) is 5.66. The van der Waals surface area contributed by atoms with Gasteiger partial charge in [-0.2, -0.15) is 0 Å². The van der Waals surface area contributed by atoms with Crippen LogP contribution in [0.15, 0.2) is 18.2 Å². The molecule has 1 aromatic carbocycles. The van der Waals surface area contributed by atoms with E-state index in [2.05, 4.69) is 0 Å². The minimum absolute atomic E-state index is 0.0785. The Labute approximate surface area is 105 Å². The van der Waals surface area contributed by atoms with Crippen LogP contribution in [0.25, 0.3) is 0 Å². The number of benzene rings is 1. The molecule has 0 saturated heterocycles. The molecule has 0 bridgehead atoms. The van der Waals surface area contributed by atoms with Gasteiger partial charge < -0.3 is 10.0 Å². The largest absolute Gasteiger partial charge is 0.478 e. The Bertz CT molecular complexity index is 471. The fraction of sp³-hybridized carbons (Fsp3) is 0.417. The summed E-state index contributed by atoms with van der Waals surface area (Å²) in [4.78, 5) is 23.2. The van der Waals surface area contributed by atoms with Gasteiger partial charge in [0.05, 0.1) is 10.5 Å². The van der Waals surface area contributed by atoms with E-state index in [4.69, 9.17) is 5.11 Å². The van der Waals surface area contributed by atoms with Crippen molar-refractivity contribution in [2.75, 3.05) is 11.4 Å². The first kappa shape index (κ1) is 14.0. The molecule has 0 aliphatic rings. The summed E-state index contributed by atoms with van der Waals surface area (Å²) in [5.41, 5.74) is 0.193. The Hall–Kier alpha value is -2.11. The van der Waals surface area contributed by atoms with Crippen LogP contribution >= 0.6 is 0 Å². The van der Waals surface area contributed by atoms with Gasteiger partial charge in [-0.1, -0.05) is 0 Å². The molecule has 0 aliphatic heterocycles. The van der Waals surface area contributed by atoms with Gasteiger partial charge in [-0.3, -0.25) is 10.1 Å². The Morgan fingerprint density at radius 2 is 2.11 bits per heavy atom. The molecule has 0 radical (unpaired) electrons. The summed E-state index contributed by atoms with van der Waals surface area (Å²) in [5, 5.41) is 19.9. The maximum atomic E-state index is 11.0. The molecule has 0 atom stereocenters. The van der Waals surface area contributed by atoms with E-state index in [1.807, 2.05) is 25.7 Å². The molecule has 98 valence electrons. The topological polar surface area (TPSA) is 83.7 Å². The van der Waals surface area contributed by atoms with Crippen LogP contribution in [0.3, 0.4) is 0 Å².